The second-order valence-electron chi connectivity index (χ2n) is 5.37. The summed E-state index contributed by atoms with van der Waals surface area (Å²) >= 11 is 0. The molecule has 0 radical (unpaired) electrons. The molecule has 0 spiro atoms. The predicted molar refractivity (Wildman–Crippen MR) is 74.1 cm³/mol. The Labute approximate surface area is 114 Å². The van der Waals surface area contributed by atoms with Crippen LogP contribution in [0.4, 0.5) is 0 Å². The summed E-state index contributed by atoms with van der Waals surface area (Å²) in [4.78, 5) is 0. The van der Waals surface area contributed by atoms with Gasteiger partial charge < -0.3 is 20.3 Å². The molecule has 4 nitrogen and oxygen atoms in total. The molecule has 1 aliphatic heterocycles. The number of aliphatic hydroxyl groups excluding tert-OH is 1. The first-order valence-electron chi connectivity index (χ1n) is 6.79. The topological polar surface area (TPSA) is 64.7 Å². The van der Waals surface area contributed by atoms with Gasteiger partial charge in [-0.1, -0.05) is 25.1 Å². The lowest BCUT2D eigenvalue weighted by Gasteiger charge is -2.44. The average Bonchev–Trinajstić information content (AvgIpc) is 2.41. The third-order valence-electron chi connectivity index (χ3n) is 4.01. The van der Waals surface area contributed by atoms with Crippen LogP contribution in [0.2, 0.25) is 0 Å². The number of aliphatic hydroxyl groups is 1. The second kappa shape index (κ2) is 5.49. The summed E-state index contributed by atoms with van der Waals surface area (Å²) in [6, 6.07) is 7.82. The van der Waals surface area contributed by atoms with Crippen LogP contribution in [-0.4, -0.2) is 30.5 Å². The van der Waals surface area contributed by atoms with E-state index in [1.807, 2.05) is 31.2 Å². The zero-order valence-corrected chi connectivity index (χ0v) is 11.8. The first-order chi connectivity index (χ1) is 9.01. The maximum Gasteiger partial charge on any atom is 0.125 e. The standard InChI is InChI=1S/C15H23NO3/c1-10-8-18-14-7-5-4-6-13(14)15(10,9-16)19-12(3)11(2)17/h4-7,10-12,17H,8-9,16H2,1-3H3. The molecule has 0 saturated carbocycles. The van der Waals surface area contributed by atoms with Crippen molar-refractivity contribution in [2.45, 2.75) is 38.6 Å². The highest BCUT2D eigenvalue weighted by molar-refractivity contribution is 5.41. The van der Waals surface area contributed by atoms with Gasteiger partial charge in [-0.15, -0.1) is 0 Å². The van der Waals surface area contributed by atoms with Crippen molar-refractivity contribution in [1.82, 2.24) is 0 Å². The fraction of sp³-hybridized carbons (Fsp3) is 0.600. The summed E-state index contributed by atoms with van der Waals surface area (Å²) in [7, 11) is 0. The molecule has 0 aromatic heterocycles. The first-order valence-corrected chi connectivity index (χ1v) is 6.79. The van der Waals surface area contributed by atoms with Gasteiger partial charge in [0.05, 0.1) is 18.8 Å². The van der Waals surface area contributed by atoms with Gasteiger partial charge in [0.2, 0.25) is 0 Å². The molecule has 4 unspecified atom stereocenters. The average molecular weight is 265 g/mol. The summed E-state index contributed by atoms with van der Waals surface area (Å²) in [6.07, 6.45) is -0.817. The van der Waals surface area contributed by atoms with E-state index >= 15 is 0 Å². The monoisotopic (exact) mass is 265 g/mol. The van der Waals surface area contributed by atoms with Gasteiger partial charge in [-0.25, -0.2) is 0 Å². The van der Waals surface area contributed by atoms with Crippen molar-refractivity contribution in [3.05, 3.63) is 29.8 Å². The fourth-order valence-corrected chi connectivity index (χ4v) is 2.53. The van der Waals surface area contributed by atoms with Crippen LogP contribution >= 0.6 is 0 Å². The van der Waals surface area contributed by atoms with Crippen LogP contribution in [0, 0.1) is 5.92 Å². The molecular weight excluding hydrogens is 242 g/mol. The van der Waals surface area contributed by atoms with Crippen LogP contribution in [0.1, 0.15) is 26.3 Å². The summed E-state index contributed by atoms with van der Waals surface area (Å²) in [5, 5.41) is 9.70. The molecule has 0 bridgehead atoms. The number of fused-ring (bicyclic) bond motifs is 1. The normalized spacial score (nSPS) is 29.2. The maximum atomic E-state index is 9.70. The highest BCUT2D eigenvalue weighted by Gasteiger charge is 2.45. The molecule has 19 heavy (non-hydrogen) atoms. The minimum absolute atomic E-state index is 0.133. The number of para-hydroxylation sites is 1. The van der Waals surface area contributed by atoms with Crippen molar-refractivity contribution in [1.29, 1.82) is 0 Å². The minimum Gasteiger partial charge on any atom is -0.493 e. The number of nitrogens with two attached hydrogens (primary N) is 1. The Balaban J connectivity index is 2.42. The second-order valence-corrected chi connectivity index (χ2v) is 5.37. The lowest BCUT2D eigenvalue weighted by atomic mass is 9.80. The highest BCUT2D eigenvalue weighted by Crippen LogP contribution is 2.43. The fourth-order valence-electron chi connectivity index (χ4n) is 2.53. The van der Waals surface area contributed by atoms with E-state index < -0.39 is 11.7 Å². The van der Waals surface area contributed by atoms with Gasteiger partial charge in [-0.3, -0.25) is 0 Å². The van der Waals surface area contributed by atoms with Crippen molar-refractivity contribution in [2.24, 2.45) is 11.7 Å². The Hall–Kier alpha value is -1.10. The van der Waals surface area contributed by atoms with E-state index in [0.29, 0.717) is 13.2 Å². The maximum absolute atomic E-state index is 9.70. The number of rotatable bonds is 4. The number of hydrogen-bond acceptors (Lipinski definition) is 4. The Morgan fingerprint density at radius 1 is 1.47 bits per heavy atom. The molecule has 1 heterocycles. The van der Waals surface area contributed by atoms with Gasteiger partial charge in [-0.05, 0) is 19.9 Å². The van der Waals surface area contributed by atoms with Crippen LogP contribution in [0.3, 0.4) is 0 Å². The van der Waals surface area contributed by atoms with E-state index in [0.717, 1.165) is 11.3 Å². The molecule has 2 rings (SSSR count). The molecule has 3 N–H and O–H groups in total. The Bertz CT molecular complexity index is 435. The van der Waals surface area contributed by atoms with E-state index in [4.69, 9.17) is 15.2 Å². The van der Waals surface area contributed by atoms with Crippen molar-refractivity contribution in [2.75, 3.05) is 13.2 Å². The van der Waals surface area contributed by atoms with Crippen LogP contribution in [0.15, 0.2) is 24.3 Å². The van der Waals surface area contributed by atoms with Crippen LogP contribution in [0.25, 0.3) is 0 Å². The van der Waals surface area contributed by atoms with Gasteiger partial charge in [0.15, 0.2) is 0 Å². The van der Waals surface area contributed by atoms with E-state index in [1.165, 1.54) is 0 Å². The zero-order valence-electron chi connectivity index (χ0n) is 11.8. The molecular formula is C15H23NO3. The van der Waals surface area contributed by atoms with E-state index in [1.54, 1.807) is 6.92 Å². The Kier molecular flexibility index (Phi) is 4.13. The smallest absolute Gasteiger partial charge is 0.125 e. The molecule has 4 atom stereocenters. The Morgan fingerprint density at radius 3 is 2.79 bits per heavy atom. The number of ether oxygens (including phenoxy) is 2. The van der Waals surface area contributed by atoms with E-state index in [-0.39, 0.29) is 12.0 Å². The van der Waals surface area contributed by atoms with Crippen molar-refractivity contribution in [3.8, 4) is 5.75 Å². The largest absolute Gasteiger partial charge is 0.493 e. The SMILES string of the molecule is CC(O)C(C)OC1(CN)c2ccccc2OCC1C. The van der Waals surface area contributed by atoms with Gasteiger partial charge in [0.1, 0.15) is 11.4 Å². The molecule has 0 saturated heterocycles. The summed E-state index contributed by atoms with van der Waals surface area (Å²) in [5.74, 6) is 0.956. The third kappa shape index (κ3) is 2.48. The zero-order chi connectivity index (χ0) is 14.0. The van der Waals surface area contributed by atoms with Crippen molar-refractivity contribution < 1.29 is 14.6 Å². The Morgan fingerprint density at radius 2 is 2.16 bits per heavy atom. The molecule has 4 heteroatoms. The minimum atomic E-state index is -0.592. The van der Waals surface area contributed by atoms with Gasteiger partial charge >= 0.3 is 0 Å². The molecule has 1 aromatic carbocycles. The lowest BCUT2D eigenvalue weighted by molar-refractivity contribution is -0.162. The summed E-state index contributed by atoms with van der Waals surface area (Å²) in [6.45, 7) is 6.60. The van der Waals surface area contributed by atoms with Crippen LogP contribution in [-0.2, 0) is 10.3 Å². The first kappa shape index (κ1) is 14.3. The summed E-state index contributed by atoms with van der Waals surface area (Å²) in [5.41, 5.74) is 6.41. The third-order valence-corrected chi connectivity index (χ3v) is 4.01. The van der Waals surface area contributed by atoms with E-state index in [9.17, 15) is 5.11 Å². The molecule has 0 fully saturated rings. The molecule has 1 aliphatic rings. The van der Waals surface area contributed by atoms with Crippen LogP contribution < -0.4 is 10.5 Å². The molecule has 0 aliphatic carbocycles. The lowest BCUT2D eigenvalue weighted by Crippen LogP contribution is -2.51. The molecule has 1 aromatic rings. The van der Waals surface area contributed by atoms with Gasteiger partial charge in [-0.2, -0.15) is 0 Å². The summed E-state index contributed by atoms with van der Waals surface area (Å²) < 4.78 is 11.9. The number of benzene rings is 1. The molecule has 106 valence electrons. The molecule has 0 amide bonds. The van der Waals surface area contributed by atoms with E-state index in [2.05, 4.69) is 6.92 Å². The van der Waals surface area contributed by atoms with Crippen molar-refractivity contribution in [3.63, 3.8) is 0 Å². The quantitative estimate of drug-likeness (QED) is 0.869. The number of hydrogen-bond donors (Lipinski definition) is 2. The van der Waals surface area contributed by atoms with Crippen molar-refractivity contribution >= 4 is 0 Å². The predicted octanol–water partition coefficient (Wildman–Crippen LogP) is 1.65. The van der Waals surface area contributed by atoms with Crippen LogP contribution in [0.5, 0.6) is 5.75 Å². The highest BCUT2D eigenvalue weighted by atomic mass is 16.5. The van der Waals surface area contributed by atoms with Gasteiger partial charge in [0, 0.05) is 18.0 Å². The van der Waals surface area contributed by atoms with Gasteiger partial charge in [0.25, 0.3) is 0 Å².